The largest absolute Gasteiger partial charge is 0.309 e. The van der Waals surface area contributed by atoms with E-state index in [1.807, 2.05) is 0 Å². The number of hydrogen-bond acceptors (Lipinski definition) is 1. The third-order valence-corrected chi connectivity index (χ3v) is 8.50. The molecule has 0 aliphatic carbocycles. The fourth-order valence-corrected chi connectivity index (χ4v) is 6.54. The molecule has 9 rings (SSSR count). The minimum absolute atomic E-state index is 0.993. The Labute approximate surface area is 242 Å². The highest BCUT2D eigenvalue weighted by Crippen LogP contribution is 2.36. The standard InChI is InChI=1S/C39H25N3/c1-2-11-30(12-3-1)41-35-16-8-6-14-32(35)33-23-22-28(24-38(33)41)26-18-20-27(21-19-26)37-25-29-10-4-5-13-31(29)39-40-34-15-7-9-17-36(34)42(37)39/h1-25H. The molecule has 0 atom stereocenters. The van der Waals surface area contributed by atoms with Crippen molar-refractivity contribution < 1.29 is 0 Å². The summed E-state index contributed by atoms with van der Waals surface area (Å²) in [4.78, 5) is 5.04. The van der Waals surface area contributed by atoms with Crippen molar-refractivity contribution in [1.82, 2.24) is 14.0 Å². The summed E-state index contributed by atoms with van der Waals surface area (Å²) in [5.74, 6) is 0. The smallest absolute Gasteiger partial charge is 0.146 e. The molecular formula is C39H25N3. The van der Waals surface area contributed by atoms with Crippen molar-refractivity contribution in [3.63, 3.8) is 0 Å². The summed E-state index contributed by atoms with van der Waals surface area (Å²) in [5.41, 5.74) is 11.4. The lowest BCUT2D eigenvalue weighted by molar-refractivity contribution is 1.18. The van der Waals surface area contributed by atoms with Crippen LogP contribution in [0.4, 0.5) is 0 Å². The molecule has 0 bridgehead atoms. The summed E-state index contributed by atoms with van der Waals surface area (Å²) in [6.07, 6.45) is 0. The Morgan fingerprint density at radius 3 is 1.93 bits per heavy atom. The molecule has 196 valence electrons. The van der Waals surface area contributed by atoms with Crippen molar-refractivity contribution in [2.75, 3.05) is 0 Å². The van der Waals surface area contributed by atoms with E-state index in [-0.39, 0.29) is 0 Å². The number of nitrogens with zero attached hydrogens (tertiary/aromatic N) is 3. The van der Waals surface area contributed by atoms with Crippen LogP contribution in [0.25, 0.3) is 77.3 Å². The quantitative estimate of drug-likeness (QED) is 0.221. The Kier molecular flexibility index (Phi) is 4.90. The minimum atomic E-state index is 0.993. The van der Waals surface area contributed by atoms with Crippen LogP contribution in [0, 0.1) is 0 Å². The lowest BCUT2D eigenvalue weighted by Gasteiger charge is -2.12. The van der Waals surface area contributed by atoms with E-state index >= 15 is 0 Å². The maximum Gasteiger partial charge on any atom is 0.146 e. The first-order chi connectivity index (χ1) is 20.8. The van der Waals surface area contributed by atoms with Gasteiger partial charge in [-0.1, -0.05) is 109 Å². The van der Waals surface area contributed by atoms with Crippen molar-refractivity contribution in [2.24, 2.45) is 0 Å². The first-order valence-electron chi connectivity index (χ1n) is 14.3. The van der Waals surface area contributed by atoms with Crippen molar-refractivity contribution in [1.29, 1.82) is 0 Å². The third kappa shape index (κ3) is 3.37. The SMILES string of the molecule is c1ccc(-n2c3ccccc3c3ccc(-c4ccc(-c5cc6ccccc6c6nc7ccccc7n56)cc4)cc32)cc1. The molecule has 0 saturated heterocycles. The Balaban J connectivity index is 1.22. The lowest BCUT2D eigenvalue weighted by Crippen LogP contribution is -1.94. The number of imidazole rings is 1. The van der Waals surface area contributed by atoms with E-state index in [2.05, 4.69) is 161 Å². The maximum atomic E-state index is 5.04. The van der Waals surface area contributed by atoms with E-state index in [9.17, 15) is 0 Å². The van der Waals surface area contributed by atoms with Crippen LogP contribution in [0.5, 0.6) is 0 Å². The van der Waals surface area contributed by atoms with Crippen molar-refractivity contribution >= 4 is 49.3 Å². The normalized spacial score (nSPS) is 11.8. The molecule has 9 aromatic rings. The van der Waals surface area contributed by atoms with Gasteiger partial charge in [0.25, 0.3) is 0 Å². The summed E-state index contributed by atoms with van der Waals surface area (Å²) in [7, 11) is 0. The zero-order valence-electron chi connectivity index (χ0n) is 22.8. The summed E-state index contributed by atoms with van der Waals surface area (Å²) >= 11 is 0. The maximum absolute atomic E-state index is 5.04. The number of rotatable bonds is 3. The number of fused-ring (bicyclic) bond motifs is 8. The van der Waals surface area contributed by atoms with E-state index in [1.165, 1.54) is 44.0 Å². The fourth-order valence-electron chi connectivity index (χ4n) is 6.54. The average Bonchev–Trinajstić information content (AvgIpc) is 3.61. The molecule has 3 heteroatoms. The van der Waals surface area contributed by atoms with Gasteiger partial charge in [0.2, 0.25) is 0 Å². The third-order valence-electron chi connectivity index (χ3n) is 8.50. The molecule has 3 heterocycles. The molecule has 0 amide bonds. The number of hydrogen-bond donors (Lipinski definition) is 0. The van der Waals surface area contributed by atoms with Gasteiger partial charge in [-0.3, -0.25) is 4.40 Å². The second kappa shape index (κ2) is 8.92. The van der Waals surface area contributed by atoms with Crippen LogP contribution in [0.3, 0.4) is 0 Å². The van der Waals surface area contributed by atoms with Crippen molar-refractivity contribution in [2.45, 2.75) is 0 Å². The second-order valence-corrected chi connectivity index (χ2v) is 10.9. The molecule has 0 spiro atoms. The van der Waals surface area contributed by atoms with Gasteiger partial charge in [0.05, 0.1) is 27.8 Å². The van der Waals surface area contributed by atoms with Crippen LogP contribution in [0.1, 0.15) is 0 Å². The summed E-state index contributed by atoms with van der Waals surface area (Å²) in [6.45, 7) is 0. The van der Waals surface area contributed by atoms with E-state index in [1.54, 1.807) is 0 Å². The first-order valence-corrected chi connectivity index (χ1v) is 14.3. The summed E-state index contributed by atoms with van der Waals surface area (Å²) in [5, 5.41) is 4.89. The van der Waals surface area contributed by atoms with E-state index in [0.717, 1.165) is 33.3 Å². The fraction of sp³-hybridized carbons (Fsp3) is 0. The summed E-state index contributed by atoms with van der Waals surface area (Å²) in [6, 6.07) is 54.3. The van der Waals surface area contributed by atoms with Gasteiger partial charge < -0.3 is 4.57 Å². The highest BCUT2D eigenvalue weighted by atomic mass is 15.0. The first kappa shape index (κ1) is 23.1. The topological polar surface area (TPSA) is 22.2 Å². The molecule has 0 N–H and O–H groups in total. The monoisotopic (exact) mass is 535 g/mol. The zero-order chi connectivity index (χ0) is 27.6. The van der Waals surface area contributed by atoms with Crippen LogP contribution in [-0.4, -0.2) is 14.0 Å². The number of benzene rings is 6. The van der Waals surface area contributed by atoms with Crippen LogP contribution in [-0.2, 0) is 0 Å². The predicted molar refractivity (Wildman–Crippen MR) is 175 cm³/mol. The van der Waals surface area contributed by atoms with Gasteiger partial charge >= 0.3 is 0 Å². The molecule has 0 aliphatic rings. The van der Waals surface area contributed by atoms with Crippen LogP contribution in [0.15, 0.2) is 152 Å². The Morgan fingerprint density at radius 2 is 1.07 bits per heavy atom. The van der Waals surface area contributed by atoms with Crippen LogP contribution < -0.4 is 0 Å². The molecule has 0 fully saturated rings. The van der Waals surface area contributed by atoms with Crippen LogP contribution >= 0.6 is 0 Å². The predicted octanol–water partition coefficient (Wildman–Crippen LogP) is 10.1. The van der Waals surface area contributed by atoms with Gasteiger partial charge in [-0.25, -0.2) is 4.98 Å². The number of pyridine rings is 1. The average molecular weight is 536 g/mol. The van der Waals surface area contributed by atoms with Gasteiger partial charge in [0, 0.05) is 21.8 Å². The van der Waals surface area contributed by atoms with Gasteiger partial charge in [-0.05, 0) is 64.5 Å². The molecule has 0 unspecified atom stereocenters. The van der Waals surface area contributed by atoms with Gasteiger partial charge in [0.15, 0.2) is 0 Å². The molecular weight excluding hydrogens is 510 g/mol. The molecule has 3 nitrogen and oxygen atoms in total. The molecule has 0 saturated carbocycles. The molecule has 6 aromatic carbocycles. The Hall–Kier alpha value is -5.67. The Bertz CT molecular complexity index is 2450. The van der Waals surface area contributed by atoms with Gasteiger partial charge in [-0.15, -0.1) is 0 Å². The lowest BCUT2D eigenvalue weighted by atomic mass is 10.00. The number of para-hydroxylation sites is 4. The number of aromatic nitrogens is 3. The molecule has 0 radical (unpaired) electrons. The highest BCUT2D eigenvalue weighted by molar-refractivity contribution is 6.10. The molecule has 3 aromatic heterocycles. The van der Waals surface area contributed by atoms with Crippen molar-refractivity contribution in [3.8, 4) is 28.1 Å². The highest BCUT2D eigenvalue weighted by Gasteiger charge is 2.15. The second-order valence-electron chi connectivity index (χ2n) is 10.9. The zero-order valence-corrected chi connectivity index (χ0v) is 22.8. The van der Waals surface area contributed by atoms with E-state index in [4.69, 9.17) is 4.98 Å². The minimum Gasteiger partial charge on any atom is -0.309 e. The molecule has 0 aliphatic heterocycles. The summed E-state index contributed by atoms with van der Waals surface area (Å²) < 4.78 is 4.68. The van der Waals surface area contributed by atoms with E-state index in [0.29, 0.717) is 0 Å². The van der Waals surface area contributed by atoms with Gasteiger partial charge in [0.1, 0.15) is 5.65 Å². The van der Waals surface area contributed by atoms with Crippen LogP contribution in [0.2, 0.25) is 0 Å². The van der Waals surface area contributed by atoms with Crippen molar-refractivity contribution in [3.05, 3.63) is 152 Å². The Morgan fingerprint density at radius 1 is 0.429 bits per heavy atom. The van der Waals surface area contributed by atoms with E-state index < -0.39 is 0 Å². The molecule has 42 heavy (non-hydrogen) atoms. The van der Waals surface area contributed by atoms with Gasteiger partial charge in [-0.2, -0.15) is 0 Å².